The molecule has 0 radical (unpaired) electrons. The molecule has 1 aromatic heterocycles. The number of nitrogens with two attached hydrogens (primary N) is 1. The SMILES string of the molecule is Cc1cc(S(=O)(=O)NC(CC(N)=O)C(=O)O)sc1Cl. The molecule has 1 unspecified atom stereocenters. The number of hydrogen-bond acceptors (Lipinski definition) is 5. The van der Waals surface area contributed by atoms with Gasteiger partial charge in [0.1, 0.15) is 10.3 Å². The molecule has 106 valence electrons. The number of carbonyl (C=O) groups is 2. The van der Waals surface area contributed by atoms with Crippen LogP contribution in [0.3, 0.4) is 0 Å². The molecule has 0 spiro atoms. The van der Waals surface area contributed by atoms with Crippen molar-refractivity contribution in [3.05, 3.63) is 16.0 Å². The first-order valence-electron chi connectivity index (χ1n) is 4.93. The Hall–Kier alpha value is -1.16. The second kappa shape index (κ2) is 5.87. The summed E-state index contributed by atoms with van der Waals surface area (Å²) in [6, 6.07) is -0.290. The smallest absolute Gasteiger partial charge is 0.322 e. The Balaban J connectivity index is 3.00. The molecular formula is C9H11ClN2O5S2. The molecule has 1 aromatic rings. The molecule has 0 aromatic carbocycles. The van der Waals surface area contributed by atoms with Gasteiger partial charge in [-0.25, -0.2) is 8.42 Å². The van der Waals surface area contributed by atoms with Gasteiger partial charge in [0.15, 0.2) is 0 Å². The molecular weight excluding hydrogens is 316 g/mol. The second-order valence-corrected chi connectivity index (χ2v) is 7.30. The predicted molar refractivity (Wildman–Crippen MR) is 69.6 cm³/mol. The van der Waals surface area contributed by atoms with Gasteiger partial charge in [0, 0.05) is 0 Å². The van der Waals surface area contributed by atoms with Gasteiger partial charge in [-0.3, -0.25) is 9.59 Å². The van der Waals surface area contributed by atoms with Crippen molar-refractivity contribution in [2.24, 2.45) is 5.73 Å². The second-order valence-electron chi connectivity index (χ2n) is 3.70. The average Bonchev–Trinajstić information content (AvgIpc) is 2.58. The molecule has 1 rings (SSSR count). The Kier molecular flexibility index (Phi) is 4.91. The van der Waals surface area contributed by atoms with E-state index in [1.165, 1.54) is 6.07 Å². The summed E-state index contributed by atoms with van der Waals surface area (Å²) in [6.07, 6.45) is -0.632. The average molecular weight is 327 g/mol. The lowest BCUT2D eigenvalue weighted by molar-refractivity contribution is -0.140. The van der Waals surface area contributed by atoms with Crippen LogP contribution in [-0.2, 0) is 19.6 Å². The third-order valence-corrected chi connectivity index (χ3v) is 5.60. The van der Waals surface area contributed by atoms with Crippen molar-refractivity contribution in [1.82, 2.24) is 4.72 Å². The Bertz CT molecular complexity index is 591. The molecule has 4 N–H and O–H groups in total. The quantitative estimate of drug-likeness (QED) is 0.693. The Morgan fingerprint density at radius 1 is 1.58 bits per heavy atom. The van der Waals surface area contributed by atoms with E-state index in [2.05, 4.69) is 0 Å². The monoisotopic (exact) mass is 326 g/mol. The molecule has 0 aliphatic carbocycles. The number of aliphatic carboxylic acids is 1. The number of halogens is 1. The predicted octanol–water partition coefficient (Wildman–Crippen LogP) is 0.317. The number of amides is 1. The number of primary amides is 1. The van der Waals surface area contributed by atoms with Gasteiger partial charge >= 0.3 is 5.97 Å². The fraction of sp³-hybridized carbons (Fsp3) is 0.333. The van der Waals surface area contributed by atoms with Gasteiger partial charge < -0.3 is 10.8 Å². The minimum absolute atomic E-state index is 0.120. The van der Waals surface area contributed by atoms with Crippen LogP contribution >= 0.6 is 22.9 Å². The maximum absolute atomic E-state index is 11.9. The molecule has 0 aliphatic heterocycles. The van der Waals surface area contributed by atoms with E-state index in [9.17, 15) is 18.0 Å². The number of thiophene rings is 1. The third kappa shape index (κ3) is 4.16. The lowest BCUT2D eigenvalue weighted by Crippen LogP contribution is -2.43. The molecule has 19 heavy (non-hydrogen) atoms. The van der Waals surface area contributed by atoms with E-state index in [1.807, 2.05) is 4.72 Å². The summed E-state index contributed by atoms with van der Waals surface area (Å²) in [7, 11) is -4.06. The Morgan fingerprint density at radius 2 is 2.16 bits per heavy atom. The van der Waals surface area contributed by atoms with Gasteiger partial charge in [0.05, 0.1) is 10.8 Å². The number of aryl methyl sites for hydroxylation is 1. The summed E-state index contributed by atoms with van der Waals surface area (Å²) in [6.45, 7) is 1.62. The molecule has 10 heteroatoms. The highest BCUT2D eigenvalue weighted by Gasteiger charge is 2.28. The Labute approximate surface area is 118 Å². The number of hydrogen-bond donors (Lipinski definition) is 3. The third-order valence-electron chi connectivity index (χ3n) is 2.10. The molecule has 0 saturated carbocycles. The molecule has 0 fully saturated rings. The van der Waals surface area contributed by atoms with Gasteiger partial charge in [0.25, 0.3) is 10.0 Å². The fourth-order valence-electron chi connectivity index (χ4n) is 1.19. The van der Waals surface area contributed by atoms with Crippen molar-refractivity contribution in [3.63, 3.8) is 0 Å². The van der Waals surface area contributed by atoms with Crippen molar-refractivity contribution < 1.29 is 23.1 Å². The number of carboxylic acids is 1. The summed E-state index contributed by atoms with van der Waals surface area (Å²) in [5, 5.41) is 8.83. The summed E-state index contributed by atoms with van der Waals surface area (Å²) in [5.74, 6) is -2.41. The van der Waals surface area contributed by atoms with Gasteiger partial charge in [-0.1, -0.05) is 11.6 Å². The first-order chi connectivity index (χ1) is 8.63. The lowest BCUT2D eigenvalue weighted by atomic mass is 10.2. The number of sulfonamides is 1. The number of carbonyl (C=O) groups excluding carboxylic acids is 1. The van der Waals surface area contributed by atoms with Crippen molar-refractivity contribution in [1.29, 1.82) is 0 Å². The zero-order chi connectivity index (χ0) is 14.8. The molecule has 1 heterocycles. The maximum atomic E-state index is 11.9. The van der Waals surface area contributed by atoms with E-state index >= 15 is 0 Å². The standard InChI is InChI=1S/C9H11ClN2O5S2/c1-4-2-7(18-8(4)10)19(16,17)12-5(9(14)15)3-6(11)13/h2,5,12H,3H2,1H3,(H2,11,13)(H,14,15). The fourth-order valence-corrected chi connectivity index (χ4v) is 4.10. The first-order valence-corrected chi connectivity index (χ1v) is 7.60. The molecule has 0 aliphatic rings. The van der Waals surface area contributed by atoms with Gasteiger partial charge in [0.2, 0.25) is 5.91 Å². The van der Waals surface area contributed by atoms with Crippen molar-refractivity contribution in [2.45, 2.75) is 23.6 Å². The Morgan fingerprint density at radius 3 is 2.53 bits per heavy atom. The zero-order valence-corrected chi connectivity index (χ0v) is 12.1. The molecule has 0 saturated heterocycles. The van der Waals surface area contributed by atoms with E-state index in [-0.39, 0.29) is 4.21 Å². The highest BCUT2D eigenvalue weighted by atomic mass is 35.5. The van der Waals surface area contributed by atoms with E-state index in [4.69, 9.17) is 22.4 Å². The number of nitrogens with one attached hydrogen (secondary N) is 1. The first kappa shape index (κ1) is 15.9. The summed E-state index contributed by atoms with van der Waals surface area (Å²) < 4.78 is 25.9. The normalized spacial score (nSPS) is 13.2. The van der Waals surface area contributed by atoms with Crippen LogP contribution in [-0.4, -0.2) is 31.4 Å². The van der Waals surface area contributed by atoms with Gasteiger partial charge in [-0.05, 0) is 18.6 Å². The number of rotatable bonds is 6. The van der Waals surface area contributed by atoms with Crippen LogP contribution in [0, 0.1) is 6.92 Å². The molecule has 0 bridgehead atoms. The topological polar surface area (TPSA) is 127 Å². The minimum Gasteiger partial charge on any atom is -0.480 e. The van der Waals surface area contributed by atoms with Crippen LogP contribution in [0.4, 0.5) is 0 Å². The van der Waals surface area contributed by atoms with Crippen LogP contribution in [0.15, 0.2) is 10.3 Å². The van der Waals surface area contributed by atoms with E-state index in [1.54, 1.807) is 6.92 Å². The number of carboxylic acid groups (broad SMARTS) is 1. The van der Waals surface area contributed by atoms with Crippen LogP contribution in [0.2, 0.25) is 4.34 Å². The van der Waals surface area contributed by atoms with Gasteiger partial charge in [-0.2, -0.15) is 4.72 Å². The van der Waals surface area contributed by atoms with E-state index in [0.29, 0.717) is 9.90 Å². The van der Waals surface area contributed by atoms with E-state index in [0.717, 1.165) is 11.3 Å². The molecule has 1 atom stereocenters. The lowest BCUT2D eigenvalue weighted by Gasteiger charge is -2.11. The largest absolute Gasteiger partial charge is 0.480 e. The zero-order valence-electron chi connectivity index (χ0n) is 9.71. The van der Waals surface area contributed by atoms with Crippen molar-refractivity contribution in [3.8, 4) is 0 Å². The van der Waals surface area contributed by atoms with Crippen molar-refractivity contribution in [2.75, 3.05) is 0 Å². The highest BCUT2D eigenvalue weighted by molar-refractivity contribution is 7.91. The van der Waals surface area contributed by atoms with Crippen molar-refractivity contribution >= 4 is 44.8 Å². The van der Waals surface area contributed by atoms with Crippen LogP contribution in [0.1, 0.15) is 12.0 Å². The van der Waals surface area contributed by atoms with Crippen LogP contribution < -0.4 is 10.5 Å². The summed E-state index contributed by atoms with van der Waals surface area (Å²) in [5.41, 5.74) is 5.43. The summed E-state index contributed by atoms with van der Waals surface area (Å²) >= 11 is 6.55. The summed E-state index contributed by atoms with van der Waals surface area (Å²) in [4.78, 5) is 21.6. The molecule has 7 nitrogen and oxygen atoms in total. The van der Waals surface area contributed by atoms with Crippen LogP contribution in [0.25, 0.3) is 0 Å². The maximum Gasteiger partial charge on any atom is 0.322 e. The minimum atomic E-state index is -4.06. The van der Waals surface area contributed by atoms with Gasteiger partial charge in [-0.15, -0.1) is 11.3 Å². The van der Waals surface area contributed by atoms with E-state index < -0.39 is 34.4 Å². The molecule has 1 amide bonds. The highest BCUT2D eigenvalue weighted by Crippen LogP contribution is 2.30. The van der Waals surface area contributed by atoms with Crippen LogP contribution in [0.5, 0.6) is 0 Å².